The van der Waals surface area contributed by atoms with Gasteiger partial charge in [-0.25, -0.2) is 13.1 Å². The molecule has 1 aliphatic heterocycles. The highest BCUT2D eigenvalue weighted by molar-refractivity contribution is 7.88. The van der Waals surface area contributed by atoms with Gasteiger partial charge < -0.3 is 4.74 Å². The predicted octanol–water partition coefficient (Wildman–Crippen LogP) is 1.99. The van der Waals surface area contributed by atoms with Gasteiger partial charge in [-0.2, -0.15) is 0 Å². The number of hydrogen-bond acceptors (Lipinski definition) is 4. The molecule has 1 atom stereocenters. The zero-order valence-corrected chi connectivity index (χ0v) is 14.5. The SMILES string of the molecule is CS(=O)(=O)N[C@@H]1CCCN(Cc2ccc(OCC3CC3)cc2)C1. The Bertz CT molecular complexity index is 611. The lowest BCUT2D eigenvalue weighted by Crippen LogP contribution is -2.46. The quantitative estimate of drug-likeness (QED) is 0.826. The van der Waals surface area contributed by atoms with Crippen molar-refractivity contribution >= 4 is 10.0 Å². The zero-order chi connectivity index (χ0) is 16.3. The predicted molar refractivity (Wildman–Crippen MR) is 90.9 cm³/mol. The second kappa shape index (κ2) is 7.20. The van der Waals surface area contributed by atoms with Crippen LogP contribution in [0.4, 0.5) is 0 Å². The van der Waals surface area contributed by atoms with Gasteiger partial charge in [-0.1, -0.05) is 12.1 Å². The number of benzene rings is 1. The molecule has 0 spiro atoms. The van der Waals surface area contributed by atoms with E-state index in [1.165, 1.54) is 24.7 Å². The van der Waals surface area contributed by atoms with Gasteiger partial charge in [-0.15, -0.1) is 0 Å². The molecule has 1 aliphatic carbocycles. The van der Waals surface area contributed by atoms with Crippen LogP contribution in [0.1, 0.15) is 31.2 Å². The van der Waals surface area contributed by atoms with Crippen molar-refractivity contribution in [3.8, 4) is 5.75 Å². The summed E-state index contributed by atoms with van der Waals surface area (Å²) < 4.78 is 31.2. The van der Waals surface area contributed by atoms with Gasteiger partial charge in [0, 0.05) is 19.1 Å². The highest BCUT2D eigenvalue weighted by Gasteiger charge is 2.23. The summed E-state index contributed by atoms with van der Waals surface area (Å²) in [6, 6.07) is 8.31. The van der Waals surface area contributed by atoms with E-state index in [0.29, 0.717) is 0 Å². The molecule has 0 amide bonds. The van der Waals surface area contributed by atoms with E-state index in [-0.39, 0.29) is 6.04 Å². The summed E-state index contributed by atoms with van der Waals surface area (Å²) in [6.07, 6.45) is 5.77. The minimum Gasteiger partial charge on any atom is -0.493 e. The van der Waals surface area contributed by atoms with Crippen molar-refractivity contribution in [2.75, 3.05) is 26.0 Å². The summed E-state index contributed by atoms with van der Waals surface area (Å²) >= 11 is 0. The maximum Gasteiger partial charge on any atom is 0.208 e. The standard InChI is InChI=1S/C17H26N2O3S/c1-23(20,21)18-16-3-2-10-19(12-16)11-14-6-8-17(9-7-14)22-13-15-4-5-15/h6-9,15-16,18H,2-5,10-13H2,1H3/t16-/m1/s1. The molecule has 0 unspecified atom stereocenters. The third-order valence-corrected chi connectivity index (χ3v) is 5.16. The fraction of sp³-hybridized carbons (Fsp3) is 0.647. The summed E-state index contributed by atoms with van der Waals surface area (Å²) in [7, 11) is -3.13. The van der Waals surface area contributed by atoms with Crippen molar-refractivity contribution in [3.05, 3.63) is 29.8 Å². The lowest BCUT2D eigenvalue weighted by Gasteiger charge is -2.32. The third-order valence-electron chi connectivity index (χ3n) is 4.40. The Morgan fingerprint density at radius 2 is 1.96 bits per heavy atom. The Kier molecular flexibility index (Phi) is 5.24. The molecule has 128 valence electrons. The molecule has 2 fully saturated rings. The van der Waals surface area contributed by atoms with E-state index >= 15 is 0 Å². The van der Waals surface area contributed by atoms with Crippen LogP contribution in [0.25, 0.3) is 0 Å². The molecule has 1 saturated heterocycles. The van der Waals surface area contributed by atoms with E-state index in [9.17, 15) is 8.42 Å². The average Bonchev–Trinajstić information content (AvgIpc) is 3.29. The molecular weight excluding hydrogens is 312 g/mol. The van der Waals surface area contributed by atoms with Crippen molar-refractivity contribution in [1.29, 1.82) is 0 Å². The number of nitrogens with one attached hydrogen (secondary N) is 1. The van der Waals surface area contributed by atoms with Gasteiger partial charge in [0.2, 0.25) is 10.0 Å². The lowest BCUT2D eigenvalue weighted by atomic mass is 10.1. The normalized spacial score (nSPS) is 22.9. The van der Waals surface area contributed by atoms with Crippen molar-refractivity contribution in [2.24, 2.45) is 5.92 Å². The summed E-state index contributed by atoms with van der Waals surface area (Å²) in [5.74, 6) is 1.71. The van der Waals surface area contributed by atoms with Crippen LogP contribution in [0.2, 0.25) is 0 Å². The van der Waals surface area contributed by atoms with E-state index in [0.717, 1.165) is 50.8 Å². The fourth-order valence-electron chi connectivity index (χ4n) is 3.05. The van der Waals surface area contributed by atoms with Crippen LogP contribution in [-0.2, 0) is 16.6 Å². The molecule has 2 aliphatic rings. The van der Waals surface area contributed by atoms with Gasteiger partial charge in [0.25, 0.3) is 0 Å². The Morgan fingerprint density at radius 3 is 2.61 bits per heavy atom. The third kappa shape index (κ3) is 5.79. The highest BCUT2D eigenvalue weighted by atomic mass is 32.2. The topological polar surface area (TPSA) is 58.6 Å². The largest absolute Gasteiger partial charge is 0.493 e. The summed E-state index contributed by atoms with van der Waals surface area (Å²) in [6.45, 7) is 3.48. The monoisotopic (exact) mass is 338 g/mol. The Balaban J connectivity index is 1.49. The van der Waals surface area contributed by atoms with Crippen LogP contribution in [0, 0.1) is 5.92 Å². The fourth-order valence-corrected chi connectivity index (χ4v) is 3.84. The molecule has 3 rings (SSSR count). The number of likely N-dealkylation sites (tertiary alicyclic amines) is 1. The Labute approximate surface area is 139 Å². The van der Waals surface area contributed by atoms with Crippen LogP contribution < -0.4 is 9.46 Å². The number of piperidine rings is 1. The van der Waals surface area contributed by atoms with Gasteiger partial charge in [-0.3, -0.25) is 4.90 Å². The van der Waals surface area contributed by atoms with E-state index in [1.54, 1.807) is 0 Å². The molecular formula is C17H26N2O3S. The highest BCUT2D eigenvalue weighted by Crippen LogP contribution is 2.29. The molecule has 1 heterocycles. The molecule has 1 saturated carbocycles. The van der Waals surface area contributed by atoms with E-state index in [1.807, 2.05) is 12.1 Å². The van der Waals surface area contributed by atoms with E-state index in [4.69, 9.17) is 4.74 Å². The molecule has 0 bridgehead atoms. The molecule has 23 heavy (non-hydrogen) atoms. The first-order chi connectivity index (χ1) is 11.0. The van der Waals surface area contributed by atoms with Crippen molar-refractivity contribution in [3.63, 3.8) is 0 Å². The van der Waals surface area contributed by atoms with Crippen LogP contribution in [0.15, 0.2) is 24.3 Å². The second-order valence-electron chi connectivity index (χ2n) is 6.86. The van der Waals surface area contributed by atoms with Crippen molar-refractivity contribution < 1.29 is 13.2 Å². The van der Waals surface area contributed by atoms with Gasteiger partial charge in [0.1, 0.15) is 5.75 Å². The number of hydrogen-bond donors (Lipinski definition) is 1. The Morgan fingerprint density at radius 1 is 1.22 bits per heavy atom. The summed E-state index contributed by atoms with van der Waals surface area (Å²) in [5.41, 5.74) is 1.24. The van der Waals surface area contributed by atoms with Gasteiger partial charge in [0.15, 0.2) is 0 Å². The second-order valence-corrected chi connectivity index (χ2v) is 8.64. The minimum absolute atomic E-state index is 0.0277. The molecule has 1 aromatic carbocycles. The lowest BCUT2D eigenvalue weighted by molar-refractivity contribution is 0.194. The van der Waals surface area contributed by atoms with Gasteiger partial charge in [-0.05, 0) is 55.8 Å². The maximum atomic E-state index is 11.4. The van der Waals surface area contributed by atoms with Crippen LogP contribution >= 0.6 is 0 Å². The molecule has 0 aromatic heterocycles. The molecule has 6 heteroatoms. The van der Waals surface area contributed by atoms with Crippen LogP contribution in [0.3, 0.4) is 0 Å². The number of sulfonamides is 1. The number of ether oxygens (including phenoxy) is 1. The van der Waals surface area contributed by atoms with Crippen molar-refractivity contribution in [2.45, 2.75) is 38.3 Å². The van der Waals surface area contributed by atoms with E-state index in [2.05, 4.69) is 21.8 Å². The van der Waals surface area contributed by atoms with Gasteiger partial charge >= 0.3 is 0 Å². The zero-order valence-electron chi connectivity index (χ0n) is 13.7. The first-order valence-electron chi connectivity index (χ1n) is 8.39. The Hall–Kier alpha value is -1.11. The molecule has 1 N–H and O–H groups in total. The first-order valence-corrected chi connectivity index (χ1v) is 10.3. The van der Waals surface area contributed by atoms with Crippen LogP contribution in [-0.4, -0.2) is 45.3 Å². The number of nitrogens with zero attached hydrogens (tertiary/aromatic N) is 1. The van der Waals surface area contributed by atoms with E-state index < -0.39 is 10.0 Å². The first kappa shape index (κ1) is 16.7. The molecule has 0 radical (unpaired) electrons. The van der Waals surface area contributed by atoms with Crippen LogP contribution in [0.5, 0.6) is 5.75 Å². The average molecular weight is 338 g/mol. The van der Waals surface area contributed by atoms with Crippen molar-refractivity contribution in [1.82, 2.24) is 9.62 Å². The summed E-state index contributed by atoms with van der Waals surface area (Å²) in [4.78, 5) is 2.31. The number of rotatable bonds is 7. The minimum atomic E-state index is -3.13. The maximum absolute atomic E-state index is 11.4. The smallest absolute Gasteiger partial charge is 0.208 e. The summed E-state index contributed by atoms with van der Waals surface area (Å²) in [5, 5.41) is 0. The molecule has 1 aromatic rings. The van der Waals surface area contributed by atoms with Gasteiger partial charge in [0.05, 0.1) is 12.9 Å². The molecule has 5 nitrogen and oxygen atoms in total.